The molecule has 0 saturated carbocycles. The Balaban J connectivity index is 2.10. The fourth-order valence-electron chi connectivity index (χ4n) is 3.29. The van der Waals surface area contributed by atoms with E-state index in [0.29, 0.717) is 22.3 Å². The molecular weight excluding hydrogens is 382 g/mol. The topological polar surface area (TPSA) is 77.8 Å². The summed E-state index contributed by atoms with van der Waals surface area (Å²) < 4.78 is 17.1. The average Bonchev–Trinajstić information content (AvgIpc) is 2.72. The number of fused-ring (bicyclic) bond motifs is 1. The normalized spacial score (nSPS) is 11.9. The first kappa shape index (κ1) is 21.4. The van der Waals surface area contributed by atoms with E-state index in [1.807, 2.05) is 39.8 Å². The van der Waals surface area contributed by atoms with Gasteiger partial charge in [0.1, 0.15) is 11.3 Å². The summed E-state index contributed by atoms with van der Waals surface area (Å²) in [6.07, 6.45) is 0.805. The number of nitrogens with one attached hydrogen (secondary N) is 1. The summed E-state index contributed by atoms with van der Waals surface area (Å²) in [5.74, 6) is 0.713. The molecule has 6 nitrogen and oxygen atoms in total. The van der Waals surface area contributed by atoms with E-state index in [9.17, 15) is 9.59 Å². The van der Waals surface area contributed by atoms with Crippen LogP contribution in [0, 0.1) is 13.8 Å². The van der Waals surface area contributed by atoms with Crippen molar-refractivity contribution in [3.63, 3.8) is 0 Å². The maximum Gasteiger partial charge on any atom is 0.258 e. The van der Waals surface area contributed by atoms with Gasteiger partial charge in [0.15, 0.2) is 12.4 Å². The minimum absolute atomic E-state index is 0.0268. The molecule has 0 aliphatic rings. The maximum absolute atomic E-state index is 13.3. The van der Waals surface area contributed by atoms with Gasteiger partial charge in [-0.2, -0.15) is 0 Å². The first-order valence-corrected chi connectivity index (χ1v) is 9.98. The lowest BCUT2D eigenvalue weighted by Gasteiger charge is -2.15. The van der Waals surface area contributed by atoms with Gasteiger partial charge in [0.25, 0.3) is 5.91 Å². The highest BCUT2D eigenvalue weighted by Gasteiger charge is 2.20. The minimum atomic E-state index is -0.295. The molecule has 2 aromatic carbocycles. The molecule has 0 saturated heterocycles. The van der Waals surface area contributed by atoms with Crippen molar-refractivity contribution in [1.82, 2.24) is 5.32 Å². The Bertz CT molecular complexity index is 1120. The third kappa shape index (κ3) is 4.48. The zero-order chi connectivity index (χ0) is 21.8. The summed E-state index contributed by atoms with van der Waals surface area (Å²) in [5.41, 5.74) is 2.64. The molecule has 3 rings (SSSR count). The number of ether oxygens (including phenoxy) is 2. The average molecular weight is 409 g/mol. The lowest BCUT2D eigenvalue weighted by Crippen LogP contribution is -2.36. The molecule has 0 unspecified atom stereocenters. The lowest BCUT2D eigenvalue weighted by atomic mass is 10.0. The standard InChI is InChI=1S/C24H27NO5/c1-6-16(4)25-20(26)13-29-24-22(27)21-15(3)11-14(2)12-19(21)30-23(24)17-7-9-18(28-5)10-8-17/h7-12,16H,6,13H2,1-5H3,(H,25,26)/t16-/m1/s1. The smallest absolute Gasteiger partial charge is 0.258 e. The Labute approximate surface area is 175 Å². The van der Waals surface area contributed by atoms with E-state index >= 15 is 0 Å². The number of carbonyl (C=O) groups excluding carboxylic acids is 1. The largest absolute Gasteiger partial charge is 0.497 e. The predicted octanol–water partition coefficient (Wildman–Crippen LogP) is 4.38. The highest BCUT2D eigenvalue weighted by atomic mass is 16.5. The second kappa shape index (κ2) is 9.03. The molecule has 158 valence electrons. The highest BCUT2D eigenvalue weighted by Crippen LogP contribution is 2.33. The monoisotopic (exact) mass is 409 g/mol. The summed E-state index contributed by atoms with van der Waals surface area (Å²) in [7, 11) is 1.58. The van der Waals surface area contributed by atoms with Gasteiger partial charge in [-0.1, -0.05) is 13.0 Å². The summed E-state index contributed by atoms with van der Waals surface area (Å²) >= 11 is 0. The number of aryl methyl sites for hydroxylation is 2. The predicted molar refractivity (Wildman–Crippen MR) is 117 cm³/mol. The molecule has 1 N–H and O–H groups in total. The molecule has 3 aromatic rings. The van der Waals surface area contributed by atoms with Gasteiger partial charge in [0.05, 0.1) is 12.5 Å². The van der Waals surface area contributed by atoms with Gasteiger partial charge in [0.2, 0.25) is 11.2 Å². The molecule has 1 heterocycles. The first-order chi connectivity index (χ1) is 14.3. The molecule has 0 fully saturated rings. The molecule has 0 spiro atoms. The van der Waals surface area contributed by atoms with Crippen LogP contribution in [0.2, 0.25) is 0 Å². The molecule has 1 amide bonds. The molecule has 1 aromatic heterocycles. The van der Waals surface area contributed by atoms with Crippen molar-refractivity contribution in [2.24, 2.45) is 0 Å². The van der Waals surface area contributed by atoms with Gasteiger partial charge in [-0.05, 0) is 68.7 Å². The Morgan fingerprint density at radius 2 is 1.87 bits per heavy atom. The van der Waals surface area contributed by atoms with Crippen molar-refractivity contribution in [3.8, 4) is 22.8 Å². The van der Waals surface area contributed by atoms with Crippen molar-refractivity contribution >= 4 is 16.9 Å². The third-order valence-electron chi connectivity index (χ3n) is 5.01. The van der Waals surface area contributed by atoms with E-state index < -0.39 is 0 Å². The third-order valence-corrected chi connectivity index (χ3v) is 5.01. The molecular formula is C24H27NO5. The zero-order valence-electron chi connectivity index (χ0n) is 18.0. The quantitative estimate of drug-likeness (QED) is 0.627. The van der Waals surface area contributed by atoms with Crippen molar-refractivity contribution in [2.45, 2.75) is 40.2 Å². The molecule has 1 atom stereocenters. The van der Waals surface area contributed by atoms with Gasteiger partial charge < -0.3 is 19.2 Å². The van der Waals surface area contributed by atoms with Crippen LogP contribution in [0.4, 0.5) is 0 Å². The van der Waals surface area contributed by atoms with Crippen LogP contribution in [0.1, 0.15) is 31.4 Å². The van der Waals surface area contributed by atoms with Crippen LogP contribution in [-0.4, -0.2) is 25.7 Å². The van der Waals surface area contributed by atoms with E-state index in [4.69, 9.17) is 13.9 Å². The van der Waals surface area contributed by atoms with Gasteiger partial charge in [-0.25, -0.2) is 0 Å². The Morgan fingerprint density at radius 3 is 2.50 bits per heavy atom. The summed E-state index contributed by atoms with van der Waals surface area (Å²) in [5, 5.41) is 3.29. The van der Waals surface area contributed by atoms with Crippen LogP contribution in [0.15, 0.2) is 45.6 Å². The number of rotatable bonds is 7. The summed E-state index contributed by atoms with van der Waals surface area (Å²) in [6, 6.07) is 10.9. The van der Waals surface area contributed by atoms with Gasteiger partial charge in [-0.15, -0.1) is 0 Å². The van der Waals surface area contributed by atoms with Crippen LogP contribution in [0.5, 0.6) is 11.5 Å². The van der Waals surface area contributed by atoms with E-state index in [2.05, 4.69) is 5.32 Å². The number of hydrogen-bond donors (Lipinski definition) is 1. The Hall–Kier alpha value is -3.28. The van der Waals surface area contributed by atoms with Gasteiger partial charge >= 0.3 is 0 Å². The second-order valence-electron chi connectivity index (χ2n) is 7.44. The number of methoxy groups -OCH3 is 1. The van der Waals surface area contributed by atoms with E-state index in [1.165, 1.54) is 0 Å². The lowest BCUT2D eigenvalue weighted by molar-refractivity contribution is -0.123. The van der Waals surface area contributed by atoms with Crippen molar-refractivity contribution in [3.05, 3.63) is 57.7 Å². The fourth-order valence-corrected chi connectivity index (χ4v) is 3.29. The summed E-state index contributed by atoms with van der Waals surface area (Å²) in [6.45, 7) is 7.43. The zero-order valence-corrected chi connectivity index (χ0v) is 18.0. The van der Waals surface area contributed by atoms with E-state index in [-0.39, 0.29) is 35.5 Å². The molecule has 6 heteroatoms. The van der Waals surface area contributed by atoms with Crippen LogP contribution in [-0.2, 0) is 4.79 Å². The van der Waals surface area contributed by atoms with Crippen LogP contribution in [0.25, 0.3) is 22.3 Å². The number of carbonyl (C=O) groups is 1. The van der Waals surface area contributed by atoms with Gasteiger partial charge in [-0.3, -0.25) is 9.59 Å². The van der Waals surface area contributed by atoms with Crippen LogP contribution >= 0.6 is 0 Å². The Morgan fingerprint density at radius 1 is 1.17 bits per heavy atom. The molecule has 0 radical (unpaired) electrons. The number of amides is 1. The maximum atomic E-state index is 13.3. The molecule has 0 aliphatic heterocycles. The first-order valence-electron chi connectivity index (χ1n) is 9.98. The summed E-state index contributed by atoms with van der Waals surface area (Å²) in [4.78, 5) is 25.5. The molecule has 30 heavy (non-hydrogen) atoms. The van der Waals surface area contributed by atoms with Crippen LogP contribution in [0.3, 0.4) is 0 Å². The SMILES string of the molecule is CC[C@@H](C)NC(=O)COc1c(-c2ccc(OC)cc2)oc2cc(C)cc(C)c2c1=O. The number of benzene rings is 2. The minimum Gasteiger partial charge on any atom is -0.497 e. The van der Waals surface area contributed by atoms with Gasteiger partial charge in [0, 0.05) is 11.6 Å². The fraction of sp³-hybridized carbons (Fsp3) is 0.333. The molecule has 0 bridgehead atoms. The van der Waals surface area contributed by atoms with E-state index in [1.54, 1.807) is 31.4 Å². The van der Waals surface area contributed by atoms with Crippen molar-refractivity contribution in [1.29, 1.82) is 0 Å². The molecule has 0 aliphatic carbocycles. The van der Waals surface area contributed by atoms with E-state index in [0.717, 1.165) is 17.5 Å². The van der Waals surface area contributed by atoms with Crippen molar-refractivity contribution in [2.75, 3.05) is 13.7 Å². The van der Waals surface area contributed by atoms with Crippen LogP contribution < -0.4 is 20.2 Å². The Kier molecular flexibility index (Phi) is 6.45. The second-order valence-corrected chi connectivity index (χ2v) is 7.44. The number of hydrogen-bond acceptors (Lipinski definition) is 5. The highest BCUT2D eigenvalue weighted by molar-refractivity contribution is 5.86. The van der Waals surface area contributed by atoms with Crippen molar-refractivity contribution < 1.29 is 18.7 Å².